The van der Waals surface area contributed by atoms with Crippen LogP contribution >= 0.6 is 11.3 Å². The van der Waals surface area contributed by atoms with Crippen LogP contribution in [-0.4, -0.2) is 35.4 Å². The van der Waals surface area contributed by atoms with E-state index >= 15 is 0 Å². The Bertz CT molecular complexity index is 1160. The number of thiazole rings is 1. The smallest absolute Gasteiger partial charge is 0.280 e. The minimum Gasteiger partial charge on any atom is -0.388 e. The van der Waals surface area contributed by atoms with E-state index in [1.165, 1.54) is 23.5 Å². The lowest BCUT2D eigenvalue weighted by Gasteiger charge is -2.08. The molecule has 1 aliphatic carbocycles. The molecule has 156 valence electrons. The first-order valence-corrected chi connectivity index (χ1v) is 11.5. The fourth-order valence-corrected chi connectivity index (χ4v) is 4.87. The number of nitrogens with one attached hydrogen (secondary N) is 1. The van der Waals surface area contributed by atoms with Crippen molar-refractivity contribution in [2.24, 2.45) is 5.16 Å². The molecule has 2 aromatic heterocycles. The van der Waals surface area contributed by atoms with Gasteiger partial charge in [0, 0.05) is 23.2 Å². The molecule has 0 spiro atoms. The number of nitrogens with zero attached hydrogens (tertiary/aromatic N) is 3. The van der Waals surface area contributed by atoms with Gasteiger partial charge in [0.2, 0.25) is 0 Å². The molecule has 0 unspecified atom stereocenters. The number of benzene rings is 1. The van der Waals surface area contributed by atoms with Gasteiger partial charge >= 0.3 is 0 Å². The monoisotopic (exact) mass is 446 g/mol. The summed E-state index contributed by atoms with van der Waals surface area (Å²) in [6, 6.07) is 7.74. The Morgan fingerprint density at radius 1 is 1.33 bits per heavy atom. The zero-order valence-corrected chi connectivity index (χ0v) is 17.6. The van der Waals surface area contributed by atoms with Crippen molar-refractivity contribution in [2.75, 3.05) is 5.32 Å². The summed E-state index contributed by atoms with van der Waals surface area (Å²) >= 11 is 1.26. The van der Waals surface area contributed by atoms with E-state index in [-0.39, 0.29) is 22.5 Å². The zero-order valence-electron chi connectivity index (χ0n) is 15.9. The minimum absolute atomic E-state index is 0.0132. The first kappa shape index (κ1) is 20.2. The molecule has 1 aromatic carbocycles. The van der Waals surface area contributed by atoms with Gasteiger partial charge in [-0.15, -0.1) is 11.3 Å². The number of carbonyl (C=O) groups excluding carboxylic acids is 1. The molecular weight excluding hydrogens is 428 g/mol. The highest BCUT2D eigenvalue weighted by Crippen LogP contribution is 2.33. The molecule has 1 amide bonds. The Hall–Kier alpha value is -3.05. The molecule has 0 aliphatic heterocycles. The van der Waals surface area contributed by atoms with E-state index in [1.54, 1.807) is 36.7 Å². The Morgan fingerprint density at radius 2 is 2.10 bits per heavy atom. The van der Waals surface area contributed by atoms with Gasteiger partial charge < -0.3 is 9.36 Å². The summed E-state index contributed by atoms with van der Waals surface area (Å²) < 4.78 is 29.8. The second-order valence-corrected chi connectivity index (χ2v) is 9.83. The number of aryl methyl sites for hydroxylation is 1. The van der Waals surface area contributed by atoms with Gasteiger partial charge in [-0.05, 0) is 31.9 Å². The van der Waals surface area contributed by atoms with Crippen molar-refractivity contribution in [3.63, 3.8) is 0 Å². The third-order valence-electron chi connectivity index (χ3n) is 4.33. The molecule has 2 heterocycles. The molecule has 0 atom stereocenters. The number of carbonyl (C=O) groups is 1. The Labute approximate surface area is 176 Å². The van der Waals surface area contributed by atoms with Crippen LogP contribution in [0.4, 0.5) is 5.13 Å². The standard InChI is InChI=1S/C19H18N4O5S2/c1-12-10-14(22-28-12)11-27-23-17(18(24)21-19-20-8-9-29-19)13-2-4-15(5-3-13)30(25,26)16-6-7-16/h2-5,8-10,16H,6-7,11H2,1H3,(H,20,21,24)/b23-17+. The van der Waals surface area contributed by atoms with E-state index in [0.29, 0.717) is 35.0 Å². The van der Waals surface area contributed by atoms with Gasteiger partial charge in [-0.1, -0.05) is 22.4 Å². The van der Waals surface area contributed by atoms with Crippen molar-refractivity contribution >= 4 is 37.9 Å². The molecular formula is C19H18N4O5S2. The lowest BCUT2D eigenvalue weighted by atomic mass is 10.1. The van der Waals surface area contributed by atoms with Crippen LogP contribution < -0.4 is 5.32 Å². The maximum Gasteiger partial charge on any atom is 0.280 e. The van der Waals surface area contributed by atoms with Crippen molar-refractivity contribution < 1.29 is 22.6 Å². The summed E-state index contributed by atoms with van der Waals surface area (Å²) in [7, 11) is -3.32. The highest BCUT2D eigenvalue weighted by Gasteiger charge is 2.36. The van der Waals surface area contributed by atoms with Crippen LogP contribution in [0.1, 0.15) is 29.9 Å². The van der Waals surface area contributed by atoms with Crippen molar-refractivity contribution in [1.29, 1.82) is 0 Å². The van der Waals surface area contributed by atoms with Crippen molar-refractivity contribution in [3.8, 4) is 0 Å². The molecule has 4 rings (SSSR count). The number of aromatic nitrogens is 2. The molecule has 1 N–H and O–H groups in total. The summed E-state index contributed by atoms with van der Waals surface area (Å²) in [6.07, 6.45) is 2.93. The molecule has 0 radical (unpaired) electrons. The molecule has 3 aromatic rings. The third-order valence-corrected chi connectivity index (χ3v) is 7.30. The molecule has 1 aliphatic rings. The molecule has 1 fully saturated rings. The fourth-order valence-electron chi connectivity index (χ4n) is 2.69. The summed E-state index contributed by atoms with van der Waals surface area (Å²) in [5.74, 6) is 0.103. The number of hydrogen-bond donors (Lipinski definition) is 1. The predicted octanol–water partition coefficient (Wildman–Crippen LogP) is 2.94. The van der Waals surface area contributed by atoms with E-state index in [0.717, 1.165) is 0 Å². The van der Waals surface area contributed by atoms with Crippen LogP contribution in [0.15, 0.2) is 56.5 Å². The van der Waals surface area contributed by atoms with Gasteiger partial charge in [-0.3, -0.25) is 10.1 Å². The molecule has 30 heavy (non-hydrogen) atoms. The average Bonchev–Trinajstić information content (AvgIpc) is 3.34. The quantitative estimate of drug-likeness (QED) is 0.417. The number of amides is 1. The van der Waals surface area contributed by atoms with Gasteiger partial charge in [-0.2, -0.15) is 0 Å². The third kappa shape index (κ3) is 4.57. The van der Waals surface area contributed by atoms with E-state index in [9.17, 15) is 13.2 Å². The largest absolute Gasteiger partial charge is 0.388 e. The molecule has 1 saturated carbocycles. The number of anilines is 1. The minimum atomic E-state index is -3.32. The first-order chi connectivity index (χ1) is 14.4. The van der Waals surface area contributed by atoms with Crippen LogP contribution in [0, 0.1) is 6.92 Å². The van der Waals surface area contributed by atoms with Crippen LogP contribution in [0.2, 0.25) is 0 Å². The molecule has 0 bridgehead atoms. The van der Waals surface area contributed by atoms with Crippen molar-refractivity contribution in [1.82, 2.24) is 10.1 Å². The number of hydrogen-bond acceptors (Lipinski definition) is 9. The molecule has 11 heteroatoms. The Balaban J connectivity index is 1.56. The van der Waals surface area contributed by atoms with Crippen molar-refractivity contribution in [3.05, 3.63) is 58.9 Å². The lowest BCUT2D eigenvalue weighted by Crippen LogP contribution is -2.24. The van der Waals surface area contributed by atoms with Gasteiger partial charge in [0.05, 0.1) is 10.1 Å². The van der Waals surface area contributed by atoms with E-state index < -0.39 is 15.7 Å². The summed E-state index contributed by atoms with van der Waals surface area (Å²) in [5.41, 5.74) is 0.928. The second-order valence-electron chi connectivity index (χ2n) is 6.70. The second kappa shape index (κ2) is 8.36. The zero-order chi connectivity index (χ0) is 21.1. The topological polar surface area (TPSA) is 124 Å². The summed E-state index contributed by atoms with van der Waals surface area (Å²) in [5, 5.41) is 12.3. The SMILES string of the molecule is Cc1cc(CO/N=C(/C(=O)Nc2nccs2)c2ccc(S(=O)(=O)C3CC3)cc2)no1. The normalized spacial score (nSPS) is 14.5. The highest BCUT2D eigenvalue weighted by molar-refractivity contribution is 7.92. The molecule has 9 nitrogen and oxygen atoms in total. The number of oxime groups is 1. The van der Waals surface area contributed by atoms with Crippen LogP contribution in [0.5, 0.6) is 0 Å². The fraction of sp³-hybridized carbons (Fsp3) is 0.263. The van der Waals surface area contributed by atoms with E-state index in [1.807, 2.05) is 0 Å². The Morgan fingerprint density at radius 3 is 2.70 bits per heavy atom. The maximum atomic E-state index is 12.7. The summed E-state index contributed by atoms with van der Waals surface area (Å²) in [4.78, 5) is 22.3. The maximum absolute atomic E-state index is 12.7. The molecule has 0 saturated heterocycles. The van der Waals surface area contributed by atoms with Gasteiger partial charge in [0.25, 0.3) is 5.91 Å². The summed E-state index contributed by atoms with van der Waals surface area (Å²) in [6.45, 7) is 1.77. The van der Waals surface area contributed by atoms with Gasteiger partial charge in [0.15, 0.2) is 27.3 Å². The van der Waals surface area contributed by atoms with E-state index in [2.05, 4.69) is 20.6 Å². The van der Waals surface area contributed by atoms with Crippen LogP contribution in [-0.2, 0) is 26.1 Å². The predicted molar refractivity (Wildman–Crippen MR) is 110 cm³/mol. The van der Waals surface area contributed by atoms with Crippen molar-refractivity contribution in [2.45, 2.75) is 36.5 Å². The number of sulfone groups is 1. The number of rotatable bonds is 8. The average molecular weight is 447 g/mol. The van der Waals surface area contributed by atoms with Crippen LogP contribution in [0.25, 0.3) is 0 Å². The lowest BCUT2D eigenvalue weighted by molar-refractivity contribution is -0.110. The van der Waals surface area contributed by atoms with Crippen LogP contribution in [0.3, 0.4) is 0 Å². The van der Waals surface area contributed by atoms with E-state index in [4.69, 9.17) is 9.36 Å². The Kier molecular flexibility index (Phi) is 5.64. The first-order valence-electron chi connectivity index (χ1n) is 9.11. The van der Waals surface area contributed by atoms with Gasteiger partial charge in [0.1, 0.15) is 11.5 Å². The highest BCUT2D eigenvalue weighted by atomic mass is 32.2. The van der Waals surface area contributed by atoms with Gasteiger partial charge in [-0.25, -0.2) is 13.4 Å².